The predicted molar refractivity (Wildman–Crippen MR) is 92.8 cm³/mol. The Balaban J connectivity index is 1.44. The Hall–Kier alpha value is -1.73. The maximum absolute atomic E-state index is 12.1. The Labute approximate surface area is 146 Å². The van der Waals surface area contributed by atoms with Gasteiger partial charge >= 0.3 is 0 Å². The first-order valence-electron chi connectivity index (χ1n) is 8.56. The van der Waals surface area contributed by atoms with Gasteiger partial charge in [0.05, 0.1) is 6.04 Å². The summed E-state index contributed by atoms with van der Waals surface area (Å²) in [6.07, 6.45) is 4.35. The zero-order valence-corrected chi connectivity index (χ0v) is 14.8. The fourth-order valence-electron chi connectivity index (χ4n) is 3.08. The molecule has 0 bridgehead atoms. The zero-order chi connectivity index (χ0) is 16.8. The molecule has 130 valence electrons. The van der Waals surface area contributed by atoms with Gasteiger partial charge in [0.15, 0.2) is 5.82 Å². The lowest BCUT2D eigenvalue weighted by Crippen LogP contribution is -2.36. The van der Waals surface area contributed by atoms with Crippen LogP contribution in [0.5, 0.6) is 0 Å². The summed E-state index contributed by atoms with van der Waals surface area (Å²) in [7, 11) is 0. The largest absolute Gasteiger partial charge is 0.354 e. The first-order valence-corrected chi connectivity index (χ1v) is 9.43. The summed E-state index contributed by atoms with van der Waals surface area (Å²) in [4.78, 5) is 20.1. The Morgan fingerprint density at radius 1 is 1.46 bits per heavy atom. The maximum Gasteiger partial charge on any atom is 0.226 e. The van der Waals surface area contributed by atoms with Crippen LogP contribution in [-0.4, -0.2) is 40.6 Å². The molecule has 1 unspecified atom stereocenters. The van der Waals surface area contributed by atoms with Crippen LogP contribution < -0.4 is 5.32 Å². The molecule has 0 aliphatic carbocycles. The SMILES string of the molecule is Cc1noc(CCCC(=O)NCC(c2cccs2)N2CCCC2)n1. The van der Waals surface area contributed by atoms with Gasteiger partial charge in [-0.15, -0.1) is 11.3 Å². The molecular formula is C17H24N4O2S. The van der Waals surface area contributed by atoms with E-state index in [9.17, 15) is 4.79 Å². The molecule has 1 amide bonds. The van der Waals surface area contributed by atoms with E-state index in [-0.39, 0.29) is 5.91 Å². The highest BCUT2D eigenvalue weighted by Gasteiger charge is 2.24. The molecule has 1 N–H and O–H groups in total. The lowest BCUT2D eigenvalue weighted by molar-refractivity contribution is -0.121. The monoisotopic (exact) mass is 348 g/mol. The molecule has 6 nitrogen and oxygen atoms in total. The van der Waals surface area contributed by atoms with Crippen molar-refractivity contribution in [3.8, 4) is 0 Å². The number of aromatic nitrogens is 2. The molecule has 0 radical (unpaired) electrons. The molecule has 2 aromatic heterocycles. The Morgan fingerprint density at radius 2 is 2.29 bits per heavy atom. The van der Waals surface area contributed by atoms with Crippen LogP contribution >= 0.6 is 11.3 Å². The van der Waals surface area contributed by atoms with Crippen LogP contribution in [0.2, 0.25) is 0 Å². The van der Waals surface area contributed by atoms with Crippen molar-refractivity contribution >= 4 is 17.2 Å². The number of amides is 1. The number of carbonyl (C=O) groups excluding carboxylic acids is 1. The van der Waals surface area contributed by atoms with E-state index in [1.54, 1.807) is 18.3 Å². The molecule has 1 saturated heterocycles. The second kappa shape index (κ2) is 8.39. The third-order valence-electron chi connectivity index (χ3n) is 4.31. The second-order valence-electron chi connectivity index (χ2n) is 6.17. The molecule has 7 heteroatoms. The summed E-state index contributed by atoms with van der Waals surface area (Å²) >= 11 is 1.77. The molecule has 2 aromatic rings. The summed E-state index contributed by atoms with van der Waals surface area (Å²) in [5.41, 5.74) is 0. The van der Waals surface area contributed by atoms with Gasteiger partial charge in [0, 0.05) is 24.3 Å². The second-order valence-corrected chi connectivity index (χ2v) is 7.15. The van der Waals surface area contributed by atoms with Crippen molar-refractivity contribution in [2.75, 3.05) is 19.6 Å². The van der Waals surface area contributed by atoms with Gasteiger partial charge in [-0.05, 0) is 50.7 Å². The highest BCUT2D eigenvalue weighted by atomic mass is 32.1. The van der Waals surface area contributed by atoms with Crippen molar-refractivity contribution in [1.82, 2.24) is 20.4 Å². The minimum absolute atomic E-state index is 0.0898. The summed E-state index contributed by atoms with van der Waals surface area (Å²) < 4.78 is 5.06. The Morgan fingerprint density at radius 3 is 2.96 bits per heavy atom. The van der Waals surface area contributed by atoms with Crippen molar-refractivity contribution in [2.24, 2.45) is 0 Å². The van der Waals surface area contributed by atoms with Gasteiger partial charge in [0.2, 0.25) is 11.8 Å². The van der Waals surface area contributed by atoms with E-state index in [0.717, 1.165) is 19.5 Å². The molecule has 0 spiro atoms. The third-order valence-corrected chi connectivity index (χ3v) is 5.28. The fourth-order valence-corrected chi connectivity index (χ4v) is 3.95. The lowest BCUT2D eigenvalue weighted by Gasteiger charge is -2.26. The minimum atomic E-state index is 0.0898. The molecule has 1 fully saturated rings. The minimum Gasteiger partial charge on any atom is -0.354 e. The van der Waals surface area contributed by atoms with E-state index < -0.39 is 0 Å². The highest BCUT2D eigenvalue weighted by molar-refractivity contribution is 7.10. The van der Waals surface area contributed by atoms with E-state index in [2.05, 4.69) is 37.9 Å². The van der Waals surface area contributed by atoms with Gasteiger partial charge in [0.25, 0.3) is 0 Å². The fraction of sp³-hybridized carbons (Fsp3) is 0.588. The van der Waals surface area contributed by atoms with Crippen LogP contribution in [0.25, 0.3) is 0 Å². The van der Waals surface area contributed by atoms with Crippen molar-refractivity contribution in [3.05, 3.63) is 34.1 Å². The van der Waals surface area contributed by atoms with Gasteiger partial charge in [0.1, 0.15) is 0 Å². The van der Waals surface area contributed by atoms with Crippen molar-refractivity contribution in [1.29, 1.82) is 0 Å². The quantitative estimate of drug-likeness (QED) is 0.794. The number of thiophene rings is 1. The number of rotatable bonds is 8. The number of carbonyl (C=O) groups is 1. The standard InChI is InChI=1S/C17H24N4O2S/c1-13-19-17(23-20-13)8-4-7-16(22)18-12-14(15-6-5-11-24-15)21-9-2-3-10-21/h5-6,11,14H,2-4,7-10,12H2,1H3,(H,18,22). The van der Waals surface area contributed by atoms with E-state index in [1.165, 1.54) is 17.7 Å². The van der Waals surface area contributed by atoms with Crippen LogP contribution in [-0.2, 0) is 11.2 Å². The van der Waals surface area contributed by atoms with Crippen LogP contribution in [0.15, 0.2) is 22.0 Å². The van der Waals surface area contributed by atoms with Gasteiger partial charge in [-0.1, -0.05) is 11.2 Å². The summed E-state index contributed by atoms with van der Waals surface area (Å²) in [6.45, 7) is 4.71. The molecule has 24 heavy (non-hydrogen) atoms. The molecular weight excluding hydrogens is 324 g/mol. The molecule has 1 aliphatic rings. The molecule has 3 heterocycles. The molecule has 0 aromatic carbocycles. The number of hydrogen-bond acceptors (Lipinski definition) is 6. The summed E-state index contributed by atoms with van der Waals surface area (Å²) in [6, 6.07) is 4.55. The summed E-state index contributed by atoms with van der Waals surface area (Å²) in [5, 5.41) is 8.96. The van der Waals surface area contributed by atoms with Gasteiger partial charge < -0.3 is 9.84 Å². The molecule has 3 rings (SSSR count). The van der Waals surface area contributed by atoms with Crippen molar-refractivity contribution in [2.45, 2.75) is 45.1 Å². The van der Waals surface area contributed by atoms with Crippen LogP contribution in [0.1, 0.15) is 48.3 Å². The van der Waals surface area contributed by atoms with E-state index in [1.807, 2.05) is 0 Å². The number of nitrogens with zero attached hydrogens (tertiary/aromatic N) is 3. The number of hydrogen-bond donors (Lipinski definition) is 1. The molecule has 1 aliphatic heterocycles. The average molecular weight is 348 g/mol. The third kappa shape index (κ3) is 4.64. The van der Waals surface area contributed by atoms with Crippen LogP contribution in [0.3, 0.4) is 0 Å². The zero-order valence-electron chi connectivity index (χ0n) is 14.0. The molecule has 0 saturated carbocycles. The normalized spacial score (nSPS) is 16.4. The predicted octanol–water partition coefficient (Wildman–Crippen LogP) is 2.72. The first kappa shape index (κ1) is 17.1. The number of aryl methyl sites for hydroxylation is 2. The number of nitrogens with one attached hydrogen (secondary N) is 1. The van der Waals surface area contributed by atoms with Gasteiger partial charge in [-0.2, -0.15) is 4.98 Å². The van der Waals surface area contributed by atoms with E-state index in [0.29, 0.717) is 37.1 Å². The summed E-state index contributed by atoms with van der Waals surface area (Å²) in [5.74, 6) is 1.33. The maximum atomic E-state index is 12.1. The first-order chi connectivity index (χ1) is 11.7. The van der Waals surface area contributed by atoms with Gasteiger partial charge in [-0.3, -0.25) is 9.69 Å². The van der Waals surface area contributed by atoms with E-state index in [4.69, 9.17) is 4.52 Å². The van der Waals surface area contributed by atoms with Crippen molar-refractivity contribution < 1.29 is 9.32 Å². The van der Waals surface area contributed by atoms with Crippen molar-refractivity contribution in [3.63, 3.8) is 0 Å². The van der Waals surface area contributed by atoms with Crippen LogP contribution in [0.4, 0.5) is 0 Å². The number of likely N-dealkylation sites (tertiary alicyclic amines) is 1. The Bertz CT molecular complexity index is 635. The highest BCUT2D eigenvalue weighted by Crippen LogP contribution is 2.27. The average Bonchev–Trinajstić information content (AvgIpc) is 3.30. The Kier molecular flexibility index (Phi) is 5.98. The van der Waals surface area contributed by atoms with E-state index >= 15 is 0 Å². The van der Waals surface area contributed by atoms with Gasteiger partial charge in [-0.25, -0.2) is 0 Å². The lowest BCUT2D eigenvalue weighted by atomic mass is 10.2. The smallest absolute Gasteiger partial charge is 0.226 e. The van der Waals surface area contributed by atoms with Crippen LogP contribution in [0, 0.1) is 6.92 Å². The molecule has 1 atom stereocenters. The topological polar surface area (TPSA) is 71.3 Å².